The third-order valence-electron chi connectivity index (χ3n) is 1.54. The summed E-state index contributed by atoms with van der Waals surface area (Å²) in [4.78, 5) is 11.2. The molecule has 0 fully saturated rings. The van der Waals surface area contributed by atoms with Crippen LogP contribution in [0.25, 0.3) is 0 Å². The standard InChI is InChI=1S/C9H11NO2.ClH/c1-10-6-9(12)7-4-2-3-5-8(7)11;/h2-5,10-11H,6H2,1H3;1H. The largest absolute Gasteiger partial charge is 0.507 e. The van der Waals surface area contributed by atoms with Crippen LogP contribution in [0.1, 0.15) is 10.4 Å². The number of benzene rings is 1. The molecule has 1 rings (SSSR count). The van der Waals surface area contributed by atoms with Gasteiger partial charge in [0, 0.05) is 0 Å². The number of rotatable bonds is 3. The zero-order valence-corrected chi connectivity index (χ0v) is 8.10. The van der Waals surface area contributed by atoms with E-state index in [1.54, 1.807) is 25.2 Å². The van der Waals surface area contributed by atoms with E-state index in [4.69, 9.17) is 0 Å². The van der Waals surface area contributed by atoms with E-state index in [1.807, 2.05) is 0 Å². The summed E-state index contributed by atoms with van der Waals surface area (Å²) in [5, 5.41) is 12.0. The third kappa shape index (κ3) is 3.05. The van der Waals surface area contributed by atoms with E-state index in [-0.39, 0.29) is 30.5 Å². The molecule has 0 saturated heterocycles. The van der Waals surface area contributed by atoms with Crippen LogP contribution in [0.2, 0.25) is 0 Å². The number of hydrogen-bond acceptors (Lipinski definition) is 3. The van der Waals surface area contributed by atoms with Gasteiger partial charge < -0.3 is 10.4 Å². The van der Waals surface area contributed by atoms with Crippen LogP contribution in [0.4, 0.5) is 0 Å². The van der Waals surface area contributed by atoms with Gasteiger partial charge in [0.1, 0.15) is 5.75 Å². The molecule has 0 saturated carbocycles. The number of carbonyl (C=O) groups excluding carboxylic acids is 1. The Morgan fingerprint density at radius 3 is 2.62 bits per heavy atom. The molecule has 0 aromatic heterocycles. The summed E-state index contributed by atoms with van der Waals surface area (Å²) < 4.78 is 0. The molecule has 0 aliphatic rings. The van der Waals surface area contributed by atoms with Crippen LogP contribution in [-0.2, 0) is 0 Å². The number of halogens is 1. The van der Waals surface area contributed by atoms with E-state index in [0.29, 0.717) is 5.56 Å². The first-order valence-corrected chi connectivity index (χ1v) is 3.71. The molecule has 3 nitrogen and oxygen atoms in total. The number of hydrogen-bond donors (Lipinski definition) is 2. The number of carbonyl (C=O) groups is 1. The van der Waals surface area contributed by atoms with E-state index in [2.05, 4.69) is 5.32 Å². The Morgan fingerprint density at radius 2 is 2.08 bits per heavy atom. The van der Waals surface area contributed by atoms with Gasteiger partial charge in [0.2, 0.25) is 0 Å². The highest BCUT2D eigenvalue weighted by Gasteiger charge is 2.07. The number of phenolic OH excluding ortho intramolecular Hbond substituents is 1. The van der Waals surface area contributed by atoms with Gasteiger partial charge in [0.05, 0.1) is 12.1 Å². The molecule has 2 N–H and O–H groups in total. The van der Waals surface area contributed by atoms with Crippen molar-refractivity contribution in [1.82, 2.24) is 5.32 Å². The van der Waals surface area contributed by atoms with Gasteiger partial charge in [-0.3, -0.25) is 4.79 Å². The molecule has 1 aromatic rings. The highest BCUT2D eigenvalue weighted by Crippen LogP contribution is 2.15. The molecule has 72 valence electrons. The van der Waals surface area contributed by atoms with Crippen LogP contribution in [-0.4, -0.2) is 24.5 Å². The smallest absolute Gasteiger partial charge is 0.180 e. The fraction of sp³-hybridized carbons (Fsp3) is 0.222. The molecule has 0 heterocycles. The van der Waals surface area contributed by atoms with Crippen molar-refractivity contribution >= 4 is 18.2 Å². The third-order valence-corrected chi connectivity index (χ3v) is 1.54. The van der Waals surface area contributed by atoms with Gasteiger partial charge in [-0.15, -0.1) is 12.4 Å². The molecule has 13 heavy (non-hydrogen) atoms. The van der Waals surface area contributed by atoms with E-state index in [9.17, 15) is 9.90 Å². The van der Waals surface area contributed by atoms with Gasteiger partial charge in [-0.25, -0.2) is 0 Å². The quantitative estimate of drug-likeness (QED) is 0.723. The van der Waals surface area contributed by atoms with Crippen molar-refractivity contribution in [1.29, 1.82) is 0 Å². The summed E-state index contributed by atoms with van der Waals surface area (Å²) in [5.41, 5.74) is 0.367. The van der Waals surface area contributed by atoms with Crippen LogP contribution in [0.15, 0.2) is 24.3 Å². The minimum atomic E-state index is -0.101. The van der Waals surface area contributed by atoms with Crippen molar-refractivity contribution in [3.8, 4) is 5.75 Å². The zero-order valence-electron chi connectivity index (χ0n) is 7.28. The fourth-order valence-electron chi connectivity index (χ4n) is 0.965. The van der Waals surface area contributed by atoms with Crippen molar-refractivity contribution in [2.45, 2.75) is 0 Å². The highest BCUT2D eigenvalue weighted by molar-refractivity contribution is 5.99. The Hall–Kier alpha value is -1.06. The summed E-state index contributed by atoms with van der Waals surface area (Å²) in [6, 6.07) is 6.52. The number of para-hydroxylation sites is 1. The lowest BCUT2D eigenvalue weighted by atomic mass is 10.1. The summed E-state index contributed by atoms with van der Waals surface area (Å²) in [7, 11) is 1.69. The van der Waals surface area contributed by atoms with Gasteiger partial charge in [-0.2, -0.15) is 0 Å². The maximum absolute atomic E-state index is 11.2. The van der Waals surface area contributed by atoms with Gasteiger partial charge >= 0.3 is 0 Å². The molecule has 0 aliphatic heterocycles. The summed E-state index contributed by atoms with van der Waals surface area (Å²) in [6.07, 6.45) is 0. The van der Waals surface area contributed by atoms with Crippen LogP contribution < -0.4 is 5.32 Å². The SMILES string of the molecule is CNCC(=O)c1ccccc1O.Cl. The average molecular weight is 202 g/mol. The average Bonchev–Trinajstić information content (AvgIpc) is 2.05. The predicted octanol–water partition coefficient (Wildman–Crippen LogP) is 1.22. The molecule has 1 aromatic carbocycles. The summed E-state index contributed by atoms with van der Waals surface area (Å²) in [6.45, 7) is 0.248. The number of phenols is 1. The number of nitrogens with one attached hydrogen (secondary N) is 1. The van der Waals surface area contributed by atoms with E-state index < -0.39 is 0 Å². The number of ketones is 1. The molecule has 0 radical (unpaired) electrons. The van der Waals surface area contributed by atoms with Crippen molar-refractivity contribution < 1.29 is 9.90 Å². The number of likely N-dealkylation sites (N-methyl/N-ethyl adjacent to an activating group) is 1. The molecule has 0 spiro atoms. The monoisotopic (exact) mass is 201 g/mol. The van der Waals surface area contributed by atoms with Crippen molar-refractivity contribution in [2.24, 2.45) is 0 Å². The molecule has 0 amide bonds. The Kier molecular flexibility index (Phi) is 5.11. The second-order valence-corrected chi connectivity index (χ2v) is 2.47. The second-order valence-electron chi connectivity index (χ2n) is 2.47. The van der Waals surface area contributed by atoms with Gasteiger partial charge in [0.25, 0.3) is 0 Å². The molecule has 0 aliphatic carbocycles. The maximum atomic E-state index is 11.2. The van der Waals surface area contributed by atoms with Crippen molar-refractivity contribution in [2.75, 3.05) is 13.6 Å². The molecule has 4 heteroatoms. The topological polar surface area (TPSA) is 49.3 Å². The fourth-order valence-corrected chi connectivity index (χ4v) is 0.965. The van der Waals surface area contributed by atoms with Crippen molar-refractivity contribution in [3.05, 3.63) is 29.8 Å². The van der Waals surface area contributed by atoms with E-state index in [1.165, 1.54) is 6.07 Å². The Morgan fingerprint density at radius 1 is 1.46 bits per heavy atom. The van der Waals surface area contributed by atoms with Gasteiger partial charge in [0.15, 0.2) is 5.78 Å². The Balaban J connectivity index is 0.00000144. The first-order valence-electron chi connectivity index (χ1n) is 3.71. The molecular formula is C9H12ClNO2. The second kappa shape index (κ2) is 5.56. The van der Waals surface area contributed by atoms with Gasteiger partial charge in [-0.1, -0.05) is 12.1 Å². The first-order chi connectivity index (χ1) is 5.75. The van der Waals surface area contributed by atoms with Crippen molar-refractivity contribution in [3.63, 3.8) is 0 Å². The minimum Gasteiger partial charge on any atom is -0.507 e. The van der Waals surface area contributed by atoms with Crippen LogP contribution in [0, 0.1) is 0 Å². The molecule has 0 atom stereocenters. The lowest BCUT2D eigenvalue weighted by Crippen LogP contribution is -2.18. The normalized spacial score (nSPS) is 9.00. The summed E-state index contributed by atoms with van der Waals surface area (Å²) in [5.74, 6) is -0.0617. The Bertz CT molecular complexity index is 289. The van der Waals surface area contributed by atoms with Gasteiger partial charge in [-0.05, 0) is 19.2 Å². The summed E-state index contributed by atoms with van der Waals surface area (Å²) >= 11 is 0. The number of Topliss-reactive ketones (excluding diaryl/α,β-unsaturated/α-hetero) is 1. The maximum Gasteiger partial charge on any atom is 0.180 e. The lowest BCUT2D eigenvalue weighted by molar-refractivity contribution is 0.0991. The first kappa shape index (κ1) is 11.9. The molecule has 0 unspecified atom stereocenters. The Labute approximate surface area is 83.2 Å². The van der Waals surface area contributed by atoms with Crippen LogP contribution >= 0.6 is 12.4 Å². The zero-order chi connectivity index (χ0) is 8.97. The van der Waals surface area contributed by atoms with Crippen LogP contribution in [0.5, 0.6) is 5.75 Å². The van der Waals surface area contributed by atoms with Crippen LogP contribution in [0.3, 0.4) is 0 Å². The van der Waals surface area contributed by atoms with E-state index >= 15 is 0 Å². The van der Waals surface area contributed by atoms with E-state index in [0.717, 1.165) is 0 Å². The molecule has 0 bridgehead atoms. The predicted molar refractivity (Wildman–Crippen MR) is 53.6 cm³/mol. The molecular weight excluding hydrogens is 190 g/mol. The number of aromatic hydroxyl groups is 1. The minimum absolute atomic E-state index is 0. The highest BCUT2D eigenvalue weighted by atomic mass is 35.5. The lowest BCUT2D eigenvalue weighted by Gasteiger charge is -2.01.